The van der Waals surface area contributed by atoms with E-state index in [-0.39, 0.29) is 36.5 Å². The van der Waals surface area contributed by atoms with Crippen LogP contribution in [0.3, 0.4) is 0 Å². The Morgan fingerprint density at radius 2 is 1.67 bits per heavy atom. The van der Waals surface area contributed by atoms with Crippen molar-refractivity contribution in [1.82, 2.24) is 15.5 Å². The minimum absolute atomic E-state index is 0.0230. The molecule has 5 nitrogen and oxygen atoms in total. The first-order valence-corrected chi connectivity index (χ1v) is 7.99. The molecule has 0 spiro atoms. The summed E-state index contributed by atoms with van der Waals surface area (Å²) in [5, 5.41) is 5.42. The first-order chi connectivity index (χ1) is 11.2. The first-order valence-electron chi connectivity index (χ1n) is 7.99. The van der Waals surface area contributed by atoms with Crippen LogP contribution in [0, 0.1) is 11.6 Å². The third kappa shape index (κ3) is 6.62. The van der Waals surface area contributed by atoms with E-state index in [1.807, 2.05) is 20.8 Å². The zero-order valence-corrected chi connectivity index (χ0v) is 14.5. The average Bonchev–Trinajstić information content (AvgIpc) is 2.45. The van der Waals surface area contributed by atoms with Gasteiger partial charge in [-0.25, -0.2) is 8.78 Å². The Balaban J connectivity index is 2.58. The molecule has 2 amide bonds. The van der Waals surface area contributed by atoms with Crippen molar-refractivity contribution in [3.05, 3.63) is 35.4 Å². The number of rotatable bonds is 8. The normalized spacial score (nSPS) is 12.3. The maximum absolute atomic E-state index is 13.7. The first kappa shape index (κ1) is 20.0. The molecule has 0 saturated carbocycles. The lowest BCUT2D eigenvalue weighted by molar-refractivity contribution is -0.125. The molecule has 1 aromatic carbocycles. The molecular weight excluding hydrogens is 316 g/mol. The quantitative estimate of drug-likeness (QED) is 0.760. The van der Waals surface area contributed by atoms with Gasteiger partial charge in [0.05, 0.1) is 19.1 Å². The largest absolute Gasteiger partial charge is 0.353 e. The summed E-state index contributed by atoms with van der Waals surface area (Å²) in [7, 11) is 0. The van der Waals surface area contributed by atoms with Crippen molar-refractivity contribution in [3.63, 3.8) is 0 Å². The van der Waals surface area contributed by atoms with Gasteiger partial charge in [0, 0.05) is 17.7 Å². The molecule has 134 valence electrons. The van der Waals surface area contributed by atoms with E-state index >= 15 is 0 Å². The second kappa shape index (κ2) is 9.32. The van der Waals surface area contributed by atoms with Crippen molar-refractivity contribution < 1.29 is 18.4 Å². The number of benzene rings is 1. The van der Waals surface area contributed by atoms with E-state index in [4.69, 9.17) is 0 Å². The molecule has 0 heterocycles. The molecule has 0 unspecified atom stereocenters. The molecule has 1 aromatic rings. The van der Waals surface area contributed by atoms with Crippen LogP contribution in [0.25, 0.3) is 0 Å². The van der Waals surface area contributed by atoms with Gasteiger partial charge in [-0.1, -0.05) is 13.0 Å². The second-order valence-electron chi connectivity index (χ2n) is 5.98. The van der Waals surface area contributed by atoms with Crippen LogP contribution in [0.4, 0.5) is 8.78 Å². The standard InChI is InChI=1S/C17H25F2N3O2/c1-5-22(9-16(23)20-11(2)3)10-17(24)21-12(4)14-7-6-13(18)8-15(14)19/h6-8,11-12H,5,9-10H2,1-4H3,(H,20,23)(H,21,24)/t12-/m1/s1. The zero-order valence-electron chi connectivity index (χ0n) is 14.5. The van der Waals surface area contributed by atoms with Crippen LogP contribution in [0.15, 0.2) is 18.2 Å². The maximum Gasteiger partial charge on any atom is 0.234 e. The molecule has 2 N–H and O–H groups in total. The fourth-order valence-corrected chi connectivity index (χ4v) is 2.27. The van der Waals surface area contributed by atoms with E-state index in [0.29, 0.717) is 6.54 Å². The second-order valence-corrected chi connectivity index (χ2v) is 5.98. The van der Waals surface area contributed by atoms with Gasteiger partial charge < -0.3 is 10.6 Å². The Bertz CT molecular complexity index is 579. The van der Waals surface area contributed by atoms with Crippen LogP contribution in [0.1, 0.15) is 39.3 Å². The highest BCUT2D eigenvalue weighted by atomic mass is 19.1. The molecule has 0 aliphatic heterocycles. The van der Waals surface area contributed by atoms with E-state index in [1.54, 1.807) is 11.8 Å². The molecule has 1 atom stereocenters. The van der Waals surface area contributed by atoms with Crippen molar-refractivity contribution in [3.8, 4) is 0 Å². The van der Waals surface area contributed by atoms with Crippen molar-refractivity contribution in [2.45, 2.75) is 39.8 Å². The van der Waals surface area contributed by atoms with Crippen LogP contribution in [0.2, 0.25) is 0 Å². The molecule has 0 saturated heterocycles. The summed E-state index contributed by atoms with van der Waals surface area (Å²) in [6.45, 7) is 7.85. The predicted octanol–water partition coefficient (Wildman–Crippen LogP) is 1.99. The monoisotopic (exact) mass is 341 g/mol. The summed E-state index contributed by atoms with van der Waals surface area (Å²) in [5.41, 5.74) is 0.213. The Morgan fingerprint density at radius 3 is 2.17 bits per heavy atom. The van der Waals surface area contributed by atoms with Crippen molar-refractivity contribution in [2.75, 3.05) is 19.6 Å². The molecule has 1 rings (SSSR count). The molecule has 24 heavy (non-hydrogen) atoms. The smallest absolute Gasteiger partial charge is 0.234 e. The number of nitrogens with one attached hydrogen (secondary N) is 2. The fraction of sp³-hybridized carbons (Fsp3) is 0.529. The van der Waals surface area contributed by atoms with Gasteiger partial charge in [-0.3, -0.25) is 14.5 Å². The lowest BCUT2D eigenvalue weighted by Crippen LogP contribution is -2.44. The Morgan fingerprint density at radius 1 is 1.08 bits per heavy atom. The van der Waals surface area contributed by atoms with Gasteiger partial charge in [0.15, 0.2) is 0 Å². The van der Waals surface area contributed by atoms with Crippen LogP contribution >= 0.6 is 0 Å². The zero-order chi connectivity index (χ0) is 18.3. The van der Waals surface area contributed by atoms with Crippen molar-refractivity contribution in [1.29, 1.82) is 0 Å². The van der Waals surface area contributed by atoms with Crippen LogP contribution < -0.4 is 10.6 Å². The number of carbonyl (C=O) groups excluding carboxylic acids is 2. The Kier molecular flexibility index (Phi) is 7.78. The maximum atomic E-state index is 13.7. The van der Waals surface area contributed by atoms with Crippen LogP contribution in [-0.2, 0) is 9.59 Å². The molecule has 0 bridgehead atoms. The van der Waals surface area contributed by atoms with E-state index in [9.17, 15) is 18.4 Å². The number of carbonyl (C=O) groups is 2. The summed E-state index contributed by atoms with van der Waals surface area (Å²) in [6.07, 6.45) is 0. The number of amides is 2. The minimum Gasteiger partial charge on any atom is -0.353 e. The lowest BCUT2D eigenvalue weighted by atomic mass is 10.1. The van der Waals surface area contributed by atoms with E-state index in [0.717, 1.165) is 12.1 Å². The number of hydrogen-bond acceptors (Lipinski definition) is 3. The highest BCUT2D eigenvalue weighted by Crippen LogP contribution is 2.17. The fourth-order valence-electron chi connectivity index (χ4n) is 2.27. The van der Waals surface area contributed by atoms with E-state index in [2.05, 4.69) is 10.6 Å². The van der Waals surface area contributed by atoms with Gasteiger partial charge >= 0.3 is 0 Å². The number of nitrogens with zero attached hydrogens (tertiary/aromatic N) is 1. The van der Waals surface area contributed by atoms with Crippen molar-refractivity contribution >= 4 is 11.8 Å². The average molecular weight is 341 g/mol. The highest BCUT2D eigenvalue weighted by molar-refractivity contribution is 5.81. The van der Waals surface area contributed by atoms with Gasteiger partial charge in [-0.15, -0.1) is 0 Å². The number of hydrogen-bond donors (Lipinski definition) is 2. The molecule has 0 aliphatic carbocycles. The molecule has 0 aliphatic rings. The van der Waals surface area contributed by atoms with Gasteiger partial charge in [-0.2, -0.15) is 0 Å². The van der Waals surface area contributed by atoms with E-state index in [1.165, 1.54) is 6.07 Å². The summed E-state index contributed by atoms with van der Waals surface area (Å²) < 4.78 is 26.6. The van der Waals surface area contributed by atoms with Gasteiger partial charge in [0.25, 0.3) is 0 Å². The van der Waals surface area contributed by atoms with Gasteiger partial charge in [0.1, 0.15) is 11.6 Å². The Labute approximate surface area is 141 Å². The summed E-state index contributed by atoms with van der Waals surface area (Å²) in [5.74, 6) is -1.85. The number of halogens is 2. The molecular formula is C17H25F2N3O2. The summed E-state index contributed by atoms with van der Waals surface area (Å²) in [6, 6.07) is 2.68. The summed E-state index contributed by atoms with van der Waals surface area (Å²) in [4.78, 5) is 25.5. The molecule has 0 aromatic heterocycles. The predicted molar refractivity (Wildman–Crippen MR) is 88.3 cm³/mol. The third-order valence-corrected chi connectivity index (χ3v) is 3.44. The highest BCUT2D eigenvalue weighted by Gasteiger charge is 2.17. The molecule has 7 heteroatoms. The molecule has 0 fully saturated rings. The third-order valence-electron chi connectivity index (χ3n) is 3.44. The topological polar surface area (TPSA) is 61.4 Å². The van der Waals surface area contributed by atoms with Crippen molar-refractivity contribution in [2.24, 2.45) is 0 Å². The number of likely N-dealkylation sites (N-methyl/N-ethyl adjacent to an activating group) is 1. The van der Waals surface area contributed by atoms with Gasteiger partial charge in [-0.05, 0) is 33.4 Å². The van der Waals surface area contributed by atoms with Crippen LogP contribution in [0.5, 0.6) is 0 Å². The SMILES string of the molecule is CCN(CC(=O)NC(C)C)CC(=O)N[C@H](C)c1ccc(F)cc1F. The summed E-state index contributed by atoms with van der Waals surface area (Å²) >= 11 is 0. The Hall–Kier alpha value is -2.02. The van der Waals surface area contributed by atoms with E-state index < -0.39 is 17.7 Å². The molecule has 0 radical (unpaired) electrons. The van der Waals surface area contributed by atoms with Crippen LogP contribution in [-0.4, -0.2) is 42.4 Å². The lowest BCUT2D eigenvalue weighted by Gasteiger charge is -2.22. The van der Waals surface area contributed by atoms with Gasteiger partial charge in [0.2, 0.25) is 11.8 Å². The minimum atomic E-state index is -0.702.